The first kappa shape index (κ1) is 34.1. The maximum Gasteiger partial charge on any atom is 0.227 e. The summed E-state index contributed by atoms with van der Waals surface area (Å²) in [6.07, 6.45) is 0. The highest BCUT2D eigenvalue weighted by Gasteiger charge is 2.46. The van der Waals surface area contributed by atoms with Crippen LogP contribution in [0.1, 0.15) is 22.3 Å². The molecule has 2 heterocycles. The molecule has 0 unspecified atom stereocenters. The van der Waals surface area contributed by atoms with Crippen LogP contribution in [0.15, 0.2) is 217 Å². The smallest absolute Gasteiger partial charge is 0.227 e. The Morgan fingerprint density at radius 1 is 0.367 bits per heavy atom. The third-order valence-electron chi connectivity index (χ3n) is 12.2. The molecular weight excluding hydrogens is 731 g/mol. The van der Waals surface area contributed by atoms with Crippen LogP contribution in [-0.2, 0) is 5.41 Å². The molecule has 1 aliphatic rings. The monoisotopic (exact) mass is 765 g/mol. The average Bonchev–Trinajstić information content (AvgIpc) is 3.89. The summed E-state index contributed by atoms with van der Waals surface area (Å²) in [5.74, 6) is 1.30. The Morgan fingerprint density at radius 3 is 1.75 bits per heavy atom. The largest absolute Gasteiger partial charge is 0.436 e. The molecule has 0 fully saturated rings. The highest BCUT2D eigenvalue weighted by molar-refractivity contribution is 5.98. The lowest BCUT2D eigenvalue weighted by Gasteiger charge is -2.33. The van der Waals surface area contributed by atoms with E-state index >= 15 is 0 Å². The lowest BCUT2D eigenvalue weighted by molar-refractivity contribution is 0.618. The van der Waals surface area contributed by atoms with E-state index in [1.807, 2.05) is 36.4 Å². The second-order valence-corrected chi connectivity index (χ2v) is 15.5. The molecular formula is C56H35N3O. The predicted octanol–water partition coefficient (Wildman–Crippen LogP) is 14.0. The molecule has 11 aromatic rings. The Kier molecular flexibility index (Phi) is 7.72. The Hall–Kier alpha value is -7.95. The highest BCUT2D eigenvalue weighted by Crippen LogP contribution is 2.56. The number of oxazole rings is 1. The molecule has 0 radical (unpaired) electrons. The zero-order valence-electron chi connectivity index (χ0n) is 32.5. The van der Waals surface area contributed by atoms with Crippen LogP contribution < -0.4 is 0 Å². The summed E-state index contributed by atoms with van der Waals surface area (Å²) in [6, 6.07) is 75.1. The zero-order chi connectivity index (χ0) is 39.6. The van der Waals surface area contributed by atoms with Gasteiger partial charge in [0.2, 0.25) is 5.89 Å². The van der Waals surface area contributed by atoms with Crippen LogP contribution in [0.5, 0.6) is 0 Å². The third-order valence-corrected chi connectivity index (χ3v) is 12.2. The van der Waals surface area contributed by atoms with Crippen molar-refractivity contribution >= 4 is 32.8 Å². The van der Waals surface area contributed by atoms with E-state index in [2.05, 4.69) is 176 Å². The molecule has 0 saturated heterocycles. The lowest BCUT2D eigenvalue weighted by Crippen LogP contribution is -2.28. The van der Waals surface area contributed by atoms with Crippen LogP contribution >= 0.6 is 0 Å². The van der Waals surface area contributed by atoms with Crippen molar-refractivity contribution in [3.8, 4) is 56.4 Å². The number of benzene rings is 9. The van der Waals surface area contributed by atoms with E-state index in [-0.39, 0.29) is 0 Å². The quantitative estimate of drug-likeness (QED) is 0.169. The highest BCUT2D eigenvalue weighted by atomic mass is 16.3. The van der Waals surface area contributed by atoms with E-state index in [0.717, 1.165) is 55.5 Å². The van der Waals surface area contributed by atoms with Crippen molar-refractivity contribution in [1.29, 1.82) is 0 Å². The molecule has 280 valence electrons. The van der Waals surface area contributed by atoms with Crippen molar-refractivity contribution in [2.75, 3.05) is 0 Å². The molecule has 0 N–H and O–H groups in total. The van der Waals surface area contributed by atoms with Gasteiger partial charge in [-0.1, -0.05) is 182 Å². The Balaban J connectivity index is 0.985. The van der Waals surface area contributed by atoms with Gasteiger partial charge in [-0.2, -0.15) is 0 Å². The zero-order valence-corrected chi connectivity index (χ0v) is 32.5. The Morgan fingerprint density at radius 2 is 0.967 bits per heavy atom. The van der Waals surface area contributed by atoms with Crippen LogP contribution in [0.4, 0.5) is 0 Å². The summed E-state index contributed by atoms with van der Waals surface area (Å²) in [4.78, 5) is 15.3. The number of hydrogen-bond donors (Lipinski definition) is 0. The molecule has 0 amide bonds. The Labute approximate surface area is 347 Å². The fourth-order valence-electron chi connectivity index (χ4n) is 9.47. The number of aromatic nitrogens is 3. The number of rotatable bonds is 6. The topological polar surface area (TPSA) is 51.8 Å². The van der Waals surface area contributed by atoms with Crippen LogP contribution in [-0.4, -0.2) is 15.0 Å². The SMILES string of the molecule is c1ccc(-c2nc3ccc(C4(c5ccc(-c6nc(-c7ccc(-c8cccc9ccccc89)cc7)c7ccccc7n6)cc5)c5ccccc5-c5ccccc54)cc3o2)cc1. The van der Waals surface area contributed by atoms with Crippen molar-refractivity contribution in [3.63, 3.8) is 0 Å². The molecule has 0 atom stereocenters. The van der Waals surface area contributed by atoms with Gasteiger partial charge in [-0.25, -0.2) is 15.0 Å². The molecule has 12 rings (SSSR count). The van der Waals surface area contributed by atoms with Gasteiger partial charge in [-0.15, -0.1) is 0 Å². The molecule has 0 bridgehead atoms. The number of fused-ring (bicyclic) bond motifs is 6. The van der Waals surface area contributed by atoms with Gasteiger partial charge in [0.25, 0.3) is 0 Å². The van der Waals surface area contributed by atoms with Crippen molar-refractivity contribution < 1.29 is 4.42 Å². The van der Waals surface area contributed by atoms with Gasteiger partial charge < -0.3 is 4.42 Å². The van der Waals surface area contributed by atoms with Crippen molar-refractivity contribution in [3.05, 3.63) is 235 Å². The first-order valence-corrected chi connectivity index (χ1v) is 20.3. The number of nitrogens with zero attached hydrogens (tertiary/aromatic N) is 3. The molecule has 9 aromatic carbocycles. The number of para-hydroxylation sites is 1. The first-order chi connectivity index (χ1) is 29.7. The van der Waals surface area contributed by atoms with Crippen molar-refractivity contribution in [1.82, 2.24) is 15.0 Å². The van der Waals surface area contributed by atoms with Crippen LogP contribution in [0.3, 0.4) is 0 Å². The van der Waals surface area contributed by atoms with Gasteiger partial charge in [0.05, 0.1) is 16.6 Å². The minimum Gasteiger partial charge on any atom is -0.436 e. The standard InChI is InChI=1S/C56H35N3O/c1-2-14-40(15-3-1)55-58-51-34-33-42(35-52(51)60-55)56(48-22-9-6-18-45(48)46-19-7-10-23-49(46)56)41-31-29-39(30-32-41)54-57-50-24-11-8-20-47(50)53(59-54)38-27-25-37(26-28-38)44-21-12-16-36-13-4-5-17-43(36)44/h1-35H. The lowest BCUT2D eigenvalue weighted by atomic mass is 9.67. The fraction of sp³-hybridized carbons (Fsp3) is 0.0179. The van der Waals surface area contributed by atoms with E-state index in [1.54, 1.807) is 0 Å². The van der Waals surface area contributed by atoms with Crippen LogP contribution in [0, 0.1) is 0 Å². The first-order valence-electron chi connectivity index (χ1n) is 20.3. The maximum atomic E-state index is 6.49. The second-order valence-electron chi connectivity index (χ2n) is 15.5. The van der Waals surface area contributed by atoms with Crippen LogP contribution in [0.25, 0.3) is 89.1 Å². The normalized spacial score (nSPS) is 12.8. The molecule has 2 aromatic heterocycles. The van der Waals surface area contributed by atoms with Gasteiger partial charge in [-0.3, -0.25) is 0 Å². The van der Waals surface area contributed by atoms with Gasteiger partial charge in [0.15, 0.2) is 11.4 Å². The third kappa shape index (κ3) is 5.28. The van der Waals surface area contributed by atoms with Gasteiger partial charge in [-0.05, 0) is 85.6 Å². The predicted molar refractivity (Wildman–Crippen MR) is 244 cm³/mol. The summed E-state index contributed by atoms with van der Waals surface area (Å²) >= 11 is 0. The van der Waals surface area contributed by atoms with E-state index in [0.29, 0.717) is 11.7 Å². The molecule has 4 heteroatoms. The fourth-order valence-corrected chi connectivity index (χ4v) is 9.47. The molecule has 0 saturated carbocycles. The summed E-state index contributed by atoms with van der Waals surface area (Å²) in [5.41, 5.74) is 15.3. The van der Waals surface area contributed by atoms with Crippen LogP contribution in [0.2, 0.25) is 0 Å². The average molecular weight is 766 g/mol. The minimum atomic E-state index is -0.610. The van der Waals surface area contributed by atoms with Gasteiger partial charge in [0, 0.05) is 22.1 Å². The Bertz CT molecular complexity index is 3370. The van der Waals surface area contributed by atoms with E-state index in [9.17, 15) is 0 Å². The van der Waals surface area contributed by atoms with Gasteiger partial charge in [0.1, 0.15) is 5.52 Å². The van der Waals surface area contributed by atoms with E-state index in [1.165, 1.54) is 44.2 Å². The van der Waals surface area contributed by atoms with E-state index < -0.39 is 5.41 Å². The minimum absolute atomic E-state index is 0.610. The number of hydrogen-bond acceptors (Lipinski definition) is 4. The molecule has 4 nitrogen and oxygen atoms in total. The van der Waals surface area contributed by atoms with Crippen molar-refractivity contribution in [2.45, 2.75) is 5.41 Å². The van der Waals surface area contributed by atoms with Gasteiger partial charge >= 0.3 is 0 Å². The summed E-state index contributed by atoms with van der Waals surface area (Å²) in [6.45, 7) is 0. The van der Waals surface area contributed by atoms with Crippen molar-refractivity contribution in [2.24, 2.45) is 0 Å². The summed E-state index contributed by atoms with van der Waals surface area (Å²) < 4.78 is 6.49. The molecule has 60 heavy (non-hydrogen) atoms. The maximum absolute atomic E-state index is 6.49. The summed E-state index contributed by atoms with van der Waals surface area (Å²) in [7, 11) is 0. The summed E-state index contributed by atoms with van der Waals surface area (Å²) in [5, 5.41) is 3.50. The second kappa shape index (κ2) is 13.6. The molecule has 0 spiro atoms. The molecule has 1 aliphatic carbocycles. The molecule has 0 aliphatic heterocycles. The van der Waals surface area contributed by atoms with E-state index in [4.69, 9.17) is 19.4 Å².